The zero-order valence-corrected chi connectivity index (χ0v) is 12.2. The molecule has 0 amide bonds. The Morgan fingerprint density at radius 2 is 2.06 bits per heavy atom. The van der Waals surface area contributed by atoms with Crippen LogP contribution in [0, 0.1) is 0 Å². The Kier molecular flexibility index (Phi) is 4.78. The molecule has 5 nitrogen and oxygen atoms in total. The Bertz CT molecular complexity index is 387. The van der Waals surface area contributed by atoms with Crippen LogP contribution in [0.4, 0.5) is 0 Å². The molecule has 0 spiro atoms. The standard InChI is InChI=1S/C12H22O5S/c1-9(11(13)17-12(2,3)4)18(14,15)8-10-6-5-7-16-10/h9-10H,5-8H2,1-4H3. The first-order valence-electron chi connectivity index (χ1n) is 6.18. The maximum atomic E-state index is 12.0. The normalized spacial score (nSPS) is 22.8. The van der Waals surface area contributed by atoms with E-state index in [0.717, 1.165) is 12.8 Å². The number of carbonyl (C=O) groups is 1. The van der Waals surface area contributed by atoms with Gasteiger partial charge in [0.15, 0.2) is 15.1 Å². The number of hydrogen-bond acceptors (Lipinski definition) is 5. The second-order valence-electron chi connectivity index (χ2n) is 5.64. The second kappa shape index (κ2) is 5.57. The monoisotopic (exact) mass is 278 g/mol. The highest BCUT2D eigenvalue weighted by Crippen LogP contribution is 2.18. The fourth-order valence-corrected chi connectivity index (χ4v) is 3.12. The second-order valence-corrected chi connectivity index (χ2v) is 8.01. The Labute approximate surface area is 109 Å². The van der Waals surface area contributed by atoms with Gasteiger partial charge < -0.3 is 9.47 Å². The van der Waals surface area contributed by atoms with Gasteiger partial charge >= 0.3 is 5.97 Å². The van der Waals surface area contributed by atoms with Gasteiger partial charge in [0, 0.05) is 6.61 Å². The smallest absolute Gasteiger partial charge is 0.324 e. The van der Waals surface area contributed by atoms with Crippen LogP contribution in [0.15, 0.2) is 0 Å². The highest BCUT2D eigenvalue weighted by atomic mass is 32.2. The average molecular weight is 278 g/mol. The number of ether oxygens (including phenoxy) is 2. The summed E-state index contributed by atoms with van der Waals surface area (Å²) in [4.78, 5) is 11.7. The van der Waals surface area contributed by atoms with Gasteiger partial charge in [-0.1, -0.05) is 0 Å². The first-order valence-corrected chi connectivity index (χ1v) is 7.89. The lowest BCUT2D eigenvalue weighted by Crippen LogP contribution is -2.38. The zero-order chi connectivity index (χ0) is 14.0. The van der Waals surface area contributed by atoms with Gasteiger partial charge in [0.1, 0.15) is 5.60 Å². The molecule has 106 valence electrons. The van der Waals surface area contributed by atoms with Crippen molar-refractivity contribution >= 4 is 15.8 Å². The third kappa shape index (κ3) is 4.57. The van der Waals surface area contributed by atoms with E-state index in [1.807, 2.05) is 0 Å². The number of carbonyl (C=O) groups excluding carboxylic acids is 1. The minimum absolute atomic E-state index is 0.104. The molecule has 1 rings (SSSR count). The molecular weight excluding hydrogens is 256 g/mol. The zero-order valence-electron chi connectivity index (χ0n) is 11.4. The van der Waals surface area contributed by atoms with Crippen LogP contribution in [0.25, 0.3) is 0 Å². The van der Waals surface area contributed by atoms with Crippen LogP contribution < -0.4 is 0 Å². The molecule has 2 unspecified atom stereocenters. The molecule has 0 N–H and O–H groups in total. The van der Waals surface area contributed by atoms with Crippen LogP contribution in [0.1, 0.15) is 40.5 Å². The number of rotatable bonds is 4. The predicted molar refractivity (Wildman–Crippen MR) is 68.1 cm³/mol. The van der Waals surface area contributed by atoms with Gasteiger partial charge in [-0.25, -0.2) is 8.42 Å². The van der Waals surface area contributed by atoms with Gasteiger partial charge in [-0.15, -0.1) is 0 Å². The molecule has 0 saturated carbocycles. The maximum Gasteiger partial charge on any atom is 0.324 e. The van der Waals surface area contributed by atoms with Gasteiger partial charge in [-0.05, 0) is 40.5 Å². The van der Waals surface area contributed by atoms with Crippen LogP contribution in [0.3, 0.4) is 0 Å². The fourth-order valence-electron chi connectivity index (χ4n) is 1.71. The topological polar surface area (TPSA) is 69.7 Å². The summed E-state index contributed by atoms with van der Waals surface area (Å²) in [7, 11) is -3.51. The summed E-state index contributed by atoms with van der Waals surface area (Å²) in [6.07, 6.45) is 1.33. The van der Waals surface area contributed by atoms with E-state index >= 15 is 0 Å². The summed E-state index contributed by atoms with van der Waals surface area (Å²) in [6.45, 7) is 7.11. The van der Waals surface area contributed by atoms with Crippen molar-refractivity contribution in [3.63, 3.8) is 0 Å². The van der Waals surface area contributed by atoms with E-state index in [1.54, 1.807) is 20.8 Å². The molecule has 0 aromatic heterocycles. The van der Waals surface area contributed by atoms with E-state index < -0.39 is 26.7 Å². The number of hydrogen-bond donors (Lipinski definition) is 0. The quantitative estimate of drug-likeness (QED) is 0.725. The third-order valence-electron chi connectivity index (χ3n) is 2.72. The predicted octanol–water partition coefficient (Wildman–Crippen LogP) is 1.31. The van der Waals surface area contributed by atoms with Crippen LogP contribution >= 0.6 is 0 Å². The molecule has 1 aliphatic rings. The molecular formula is C12H22O5S. The van der Waals surface area contributed by atoms with Crippen molar-refractivity contribution in [2.75, 3.05) is 12.4 Å². The molecule has 1 heterocycles. The third-order valence-corrected chi connectivity index (χ3v) is 4.83. The SMILES string of the molecule is CC(C(=O)OC(C)(C)C)S(=O)(=O)CC1CCCO1. The van der Waals surface area contributed by atoms with Crippen LogP contribution in [0.2, 0.25) is 0 Å². The molecule has 0 aromatic carbocycles. The van der Waals surface area contributed by atoms with Crippen molar-refractivity contribution in [2.45, 2.75) is 57.5 Å². The van der Waals surface area contributed by atoms with Gasteiger partial charge in [0.25, 0.3) is 0 Å². The first kappa shape index (κ1) is 15.4. The molecule has 0 radical (unpaired) electrons. The summed E-state index contributed by atoms with van der Waals surface area (Å²) < 4.78 is 34.4. The largest absolute Gasteiger partial charge is 0.459 e. The lowest BCUT2D eigenvalue weighted by molar-refractivity contribution is -0.153. The summed E-state index contributed by atoms with van der Waals surface area (Å²) in [5.41, 5.74) is -0.676. The summed E-state index contributed by atoms with van der Waals surface area (Å²) in [5, 5.41) is -1.14. The molecule has 0 bridgehead atoms. The highest BCUT2D eigenvalue weighted by Gasteiger charge is 2.34. The van der Waals surface area contributed by atoms with Gasteiger partial charge in [0.05, 0.1) is 11.9 Å². The Morgan fingerprint density at radius 3 is 2.50 bits per heavy atom. The lowest BCUT2D eigenvalue weighted by Gasteiger charge is -2.22. The average Bonchev–Trinajstić information content (AvgIpc) is 2.65. The van der Waals surface area contributed by atoms with Crippen LogP contribution in [-0.2, 0) is 24.1 Å². The number of sulfone groups is 1. The van der Waals surface area contributed by atoms with E-state index in [9.17, 15) is 13.2 Å². The lowest BCUT2D eigenvalue weighted by atomic mass is 10.2. The van der Waals surface area contributed by atoms with E-state index in [2.05, 4.69) is 0 Å². The summed E-state index contributed by atoms with van der Waals surface area (Å²) in [5.74, 6) is -0.798. The number of esters is 1. The molecule has 18 heavy (non-hydrogen) atoms. The Morgan fingerprint density at radius 1 is 1.44 bits per heavy atom. The first-order chi connectivity index (χ1) is 8.12. The van der Waals surface area contributed by atoms with Crippen LogP contribution in [0.5, 0.6) is 0 Å². The summed E-state index contributed by atoms with van der Waals surface area (Å²) >= 11 is 0. The Balaban J connectivity index is 2.63. The van der Waals surface area contributed by atoms with Gasteiger partial charge in [0.2, 0.25) is 0 Å². The maximum absolute atomic E-state index is 12.0. The summed E-state index contributed by atoms with van der Waals surface area (Å²) in [6, 6.07) is 0. The van der Waals surface area contributed by atoms with E-state index in [0.29, 0.717) is 6.61 Å². The van der Waals surface area contributed by atoms with Gasteiger partial charge in [-0.3, -0.25) is 4.79 Å². The van der Waals surface area contributed by atoms with Crippen molar-refractivity contribution in [3.05, 3.63) is 0 Å². The van der Waals surface area contributed by atoms with Crippen LogP contribution in [-0.4, -0.2) is 43.7 Å². The van der Waals surface area contributed by atoms with Crippen molar-refractivity contribution in [1.29, 1.82) is 0 Å². The van der Waals surface area contributed by atoms with E-state index in [-0.39, 0.29) is 11.9 Å². The highest BCUT2D eigenvalue weighted by molar-refractivity contribution is 7.92. The van der Waals surface area contributed by atoms with E-state index in [4.69, 9.17) is 9.47 Å². The van der Waals surface area contributed by atoms with Crippen molar-refractivity contribution in [3.8, 4) is 0 Å². The molecule has 6 heteroatoms. The van der Waals surface area contributed by atoms with E-state index in [1.165, 1.54) is 6.92 Å². The van der Waals surface area contributed by atoms with Crippen molar-refractivity contribution < 1.29 is 22.7 Å². The molecule has 1 fully saturated rings. The molecule has 0 aliphatic carbocycles. The Hall–Kier alpha value is -0.620. The molecule has 0 aromatic rings. The fraction of sp³-hybridized carbons (Fsp3) is 0.917. The van der Waals surface area contributed by atoms with Gasteiger partial charge in [-0.2, -0.15) is 0 Å². The molecule has 1 aliphatic heterocycles. The van der Waals surface area contributed by atoms with Crippen molar-refractivity contribution in [2.24, 2.45) is 0 Å². The minimum Gasteiger partial charge on any atom is -0.459 e. The van der Waals surface area contributed by atoms with Crippen molar-refractivity contribution in [1.82, 2.24) is 0 Å². The minimum atomic E-state index is -3.51. The molecule has 1 saturated heterocycles. The molecule has 2 atom stereocenters.